The van der Waals surface area contributed by atoms with Crippen molar-refractivity contribution in [3.63, 3.8) is 0 Å². The van der Waals surface area contributed by atoms with E-state index in [9.17, 15) is 8.42 Å². The van der Waals surface area contributed by atoms with E-state index in [0.29, 0.717) is 11.1 Å². The van der Waals surface area contributed by atoms with E-state index in [1.165, 1.54) is 12.1 Å². The lowest BCUT2D eigenvalue weighted by molar-refractivity contribution is 0.280. The second kappa shape index (κ2) is 4.19. The van der Waals surface area contributed by atoms with E-state index in [4.69, 9.17) is 21.1 Å². The maximum Gasteiger partial charge on any atom is 0.261 e. The van der Waals surface area contributed by atoms with Gasteiger partial charge in [-0.2, -0.15) is 5.26 Å². The highest BCUT2D eigenvalue weighted by atomic mass is 35.7. The number of hydrogen-bond donors (Lipinski definition) is 1. The Kier molecular flexibility index (Phi) is 3.35. The van der Waals surface area contributed by atoms with Gasteiger partial charge in [-0.25, -0.2) is 8.42 Å². The number of halogens is 1. The lowest BCUT2D eigenvalue weighted by Crippen LogP contribution is -1.99. The molecule has 4 nitrogen and oxygen atoms in total. The summed E-state index contributed by atoms with van der Waals surface area (Å²) in [5.74, 6) is 0. The number of rotatable bonds is 2. The van der Waals surface area contributed by atoms with Gasteiger partial charge in [-0.15, -0.1) is 0 Å². The molecule has 0 radical (unpaired) electrons. The van der Waals surface area contributed by atoms with Gasteiger partial charge in [0.25, 0.3) is 9.05 Å². The van der Waals surface area contributed by atoms with Crippen LogP contribution in [0, 0.1) is 18.3 Å². The molecule has 0 saturated carbocycles. The van der Waals surface area contributed by atoms with E-state index in [2.05, 4.69) is 0 Å². The quantitative estimate of drug-likeness (QED) is 0.797. The van der Waals surface area contributed by atoms with Crippen molar-refractivity contribution in [1.29, 1.82) is 5.26 Å². The van der Waals surface area contributed by atoms with E-state index >= 15 is 0 Å². The van der Waals surface area contributed by atoms with E-state index in [0.717, 1.165) is 0 Å². The van der Waals surface area contributed by atoms with Crippen LogP contribution < -0.4 is 0 Å². The van der Waals surface area contributed by atoms with Crippen molar-refractivity contribution < 1.29 is 13.5 Å². The van der Waals surface area contributed by atoms with Gasteiger partial charge in [0, 0.05) is 10.7 Å². The second-order valence-electron chi connectivity index (χ2n) is 2.96. The monoisotopic (exact) mass is 245 g/mol. The fraction of sp³-hybridized carbons (Fsp3) is 0.222. The molecule has 0 spiro atoms. The molecule has 0 aliphatic carbocycles. The average molecular weight is 246 g/mol. The molecule has 1 aromatic carbocycles. The van der Waals surface area contributed by atoms with Crippen molar-refractivity contribution in [2.24, 2.45) is 0 Å². The molecule has 0 saturated heterocycles. The minimum absolute atomic E-state index is 0.171. The zero-order valence-corrected chi connectivity index (χ0v) is 9.43. The van der Waals surface area contributed by atoms with Crippen LogP contribution in [0.5, 0.6) is 0 Å². The highest BCUT2D eigenvalue weighted by molar-refractivity contribution is 8.13. The molecule has 0 aliphatic rings. The number of hydrogen-bond acceptors (Lipinski definition) is 4. The predicted octanol–water partition coefficient (Wildman–Crippen LogP) is 1.29. The van der Waals surface area contributed by atoms with E-state index < -0.39 is 9.05 Å². The standard InChI is InChI=1S/C9H8ClNO3S/c1-6-7(4-11)2-9(15(10,13)14)3-8(6)5-12/h2-3,12H,5H2,1H3. The van der Waals surface area contributed by atoms with Crippen LogP contribution in [0.3, 0.4) is 0 Å². The number of nitriles is 1. The first-order valence-electron chi connectivity index (χ1n) is 3.99. The Morgan fingerprint density at radius 3 is 2.53 bits per heavy atom. The number of aliphatic hydroxyl groups is 1. The van der Waals surface area contributed by atoms with E-state index in [1.54, 1.807) is 6.92 Å². The third kappa shape index (κ3) is 2.48. The van der Waals surface area contributed by atoms with Gasteiger partial charge in [0.1, 0.15) is 0 Å². The zero-order chi connectivity index (χ0) is 11.6. The molecule has 0 aromatic heterocycles. The molecular weight excluding hydrogens is 238 g/mol. The summed E-state index contributed by atoms with van der Waals surface area (Å²) >= 11 is 0. The summed E-state index contributed by atoms with van der Waals surface area (Å²) in [7, 11) is 1.28. The summed E-state index contributed by atoms with van der Waals surface area (Å²) in [6.07, 6.45) is 0. The van der Waals surface area contributed by atoms with Crippen LogP contribution in [0.4, 0.5) is 0 Å². The van der Waals surface area contributed by atoms with Gasteiger partial charge in [0.2, 0.25) is 0 Å². The maximum absolute atomic E-state index is 11.1. The van der Waals surface area contributed by atoms with Gasteiger partial charge >= 0.3 is 0 Å². The summed E-state index contributed by atoms with van der Waals surface area (Å²) < 4.78 is 22.1. The largest absolute Gasteiger partial charge is 0.392 e. The number of nitrogens with zero attached hydrogens (tertiary/aromatic N) is 1. The van der Waals surface area contributed by atoms with Crippen molar-refractivity contribution in [3.8, 4) is 6.07 Å². The van der Waals surface area contributed by atoms with Crippen molar-refractivity contribution in [3.05, 3.63) is 28.8 Å². The Hall–Kier alpha value is -1.09. The number of benzene rings is 1. The van der Waals surface area contributed by atoms with Gasteiger partial charge in [-0.05, 0) is 30.2 Å². The van der Waals surface area contributed by atoms with Crippen LogP contribution in [0.2, 0.25) is 0 Å². The predicted molar refractivity (Wildman–Crippen MR) is 54.9 cm³/mol. The van der Waals surface area contributed by atoms with Crippen molar-refractivity contribution in [2.45, 2.75) is 18.4 Å². The van der Waals surface area contributed by atoms with E-state index in [-0.39, 0.29) is 17.1 Å². The highest BCUT2D eigenvalue weighted by Gasteiger charge is 2.14. The van der Waals surface area contributed by atoms with Gasteiger partial charge in [0.15, 0.2) is 0 Å². The third-order valence-electron chi connectivity index (χ3n) is 2.06. The molecule has 0 fully saturated rings. The van der Waals surface area contributed by atoms with Crippen LogP contribution in [-0.2, 0) is 15.7 Å². The molecule has 0 aliphatic heterocycles. The Balaban J connectivity index is 3.56. The molecule has 1 aromatic rings. The van der Waals surface area contributed by atoms with Gasteiger partial charge in [0.05, 0.1) is 23.1 Å². The fourth-order valence-corrected chi connectivity index (χ4v) is 1.98. The molecule has 0 heterocycles. The summed E-state index contributed by atoms with van der Waals surface area (Å²) in [6, 6.07) is 4.30. The number of aliphatic hydroxyl groups excluding tert-OH is 1. The molecule has 1 N–H and O–H groups in total. The first-order valence-corrected chi connectivity index (χ1v) is 6.30. The second-order valence-corrected chi connectivity index (χ2v) is 5.53. The Morgan fingerprint density at radius 2 is 2.13 bits per heavy atom. The third-order valence-corrected chi connectivity index (χ3v) is 3.39. The van der Waals surface area contributed by atoms with Gasteiger partial charge in [-0.1, -0.05) is 0 Å². The normalized spacial score (nSPS) is 11.1. The first kappa shape index (κ1) is 12.0. The van der Waals surface area contributed by atoms with Crippen molar-refractivity contribution >= 4 is 19.7 Å². The fourth-order valence-electron chi connectivity index (χ4n) is 1.17. The van der Waals surface area contributed by atoms with Crippen LogP contribution in [-0.4, -0.2) is 13.5 Å². The van der Waals surface area contributed by atoms with Crippen molar-refractivity contribution in [2.75, 3.05) is 0 Å². The highest BCUT2D eigenvalue weighted by Crippen LogP contribution is 2.22. The van der Waals surface area contributed by atoms with E-state index in [1.807, 2.05) is 6.07 Å². The molecule has 15 heavy (non-hydrogen) atoms. The molecule has 0 amide bonds. The topological polar surface area (TPSA) is 78.2 Å². The molecule has 0 bridgehead atoms. The Bertz CT molecular complexity index is 531. The molecule has 6 heteroatoms. The zero-order valence-electron chi connectivity index (χ0n) is 7.86. The maximum atomic E-state index is 11.1. The lowest BCUT2D eigenvalue weighted by Gasteiger charge is -2.06. The van der Waals surface area contributed by atoms with Crippen LogP contribution in [0.15, 0.2) is 17.0 Å². The Labute approximate surface area is 92.1 Å². The lowest BCUT2D eigenvalue weighted by atomic mass is 10.0. The average Bonchev–Trinajstić information content (AvgIpc) is 2.16. The summed E-state index contributed by atoms with van der Waals surface area (Å²) in [6.45, 7) is 1.30. The van der Waals surface area contributed by atoms with Crippen LogP contribution in [0.1, 0.15) is 16.7 Å². The molecule has 0 unspecified atom stereocenters. The van der Waals surface area contributed by atoms with Gasteiger partial charge < -0.3 is 5.11 Å². The molecule has 0 atom stereocenters. The molecular formula is C9H8ClNO3S. The van der Waals surface area contributed by atoms with Crippen LogP contribution >= 0.6 is 10.7 Å². The summed E-state index contributed by atoms with van der Waals surface area (Å²) in [5, 5.41) is 17.7. The molecule has 1 rings (SSSR count). The minimum atomic E-state index is -3.87. The smallest absolute Gasteiger partial charge is 0.261 e. The van der Waals surface area contributed by atoms with Crippen molar-refractivity contribution in [1.82, 2.24) is 0 Å². The summed E-state index contributed by atoms with van der Waals surface area (Å²) in [5.41, 5.74) is 1.14. The van der Waals surface area contributed by atoms with Crippen LogP contribution in [0.25, 0.3) is 0 Å². The Morgan fingerprint density at radius 1 is 1.53 bits per heavy atom. The minimum Gasteiger partial charge on any atom is -0.392 e. The first-order chi connectivity index (χ1) is 6.90. The SMILES string of the molecule is Cc1c(C#N)cc(S(=O)(=O)Cl)cc1CO. The molecule has 80 valence electrons. The summed E-state index contributed by atoms with van der Waals surface area (Å²) in [4.78, 5) is -0.171. The van der Waals surface area contributed by atoms with Gasteiger partial charge in [-0.3, -0.25) is 0 Å².